The molecule has 0 aliphatic rings. The molecule has 1 aromatic carbocycles. The standard InChI is InChI=1S/C16H18N2O3/c1-3-11(2)21-13-6-4-5-12(9-13)18-15-10-17-8-7-14(15)16(19)20/h4-11,18H,3H2,1-2H3,(H,19,20). The highest BCUT2D eigenvalue weighted by atomic mass is 16.5. The van der Waals surface area contributed by atoms with E-state index in [1.807, 2.05) is 31.2 Å². The van der Waals surface area contributed by atoms with Gasteiger partial charge in [0, 0.05) is 18.0 Å². The van der Waals surface area contributed by atoms with E-state index in [4.69, 9.17) is 9.84 Å². The van der Waals surface area contributed by atoms with Gasteiger partial charge in [0.2, 0.25) is 0 Å². The van der Waals surface area contributed by atoms with Crippen molar-refractivity contribution in [1.82, 2.24) is 4.98 Å². The van der Waals surface area contributed by atoms with E-state index in [1.165, 1.54) is 18.5 Å². The topological polar surface area (TPSA) is 71.5 Å². The van der Waals surface area contributed by atoms with Gasteiger partial charge in [-0.25, -0.2) is 4.79 Å². The molecule has 0 aliphatic heterocycles. The molecule has 0 amide bonds. The number of aromatic nitrogens is 1. The third-order valence-corrected chi connectivity index (χ3v) is 3.08. The Kier molecular flexibility index (Phi) is 4.77. The van der Waals surface area contributed by atoms with Crippen molar-refractivity contribution in [3.05, 3.63) is 48.3 Å². The number of pyridine rings is 1. The number of nitrogens with one attached hydrogen (secondary N) is 1. The number of hydrogen-bond acceptors (Lipinski definition) is 4. The quantitative estimate of drug-likeness (QED) is 0.847. The predicted molar refractivity (Wildman–Crippen MR) is 81.3 cm³/mol. The van der Waals surface area contributed by atoms with E-state index in [9.17, 15) is 4.79 Å². The lowest BCUT2D eigenvalue weighted by Crippen LogP contribution is -2.09. The second kappa shape index (κ2) is 6.74. The Morgan fingerprint density at radius 3 is 2.95 bits per heavy atom. The molecule has 2 N–H and O–H groups in total. The minimum atomic E-state index is -0.994. The Morgan fingerprint density at radius 2 is 2.24 bits per heavy atom. The van der Waals surface area contributed by atoms with Gasteiger partial charge in [0.05, 0.1) is 23.6 Å². The van der Waals surface area contributed by atoms with Gasteiger partial charge in [0.1, 0.15) is 5.75 Å². The van der Waals surface area contributed by atoms with Crippen LogP contribution in [-0.2, 0) is 0 Å². The molecular weight excluding hydrogens is 268 g/mol. The van der Waals surface area contributed by atoms with Crippen LogP contribution in [0, 0.1) is 0 Å². The van der Waals surface area contributed by atoms with Crippen LogP contribution in [-0.4, -0.2) is 22.2 Å². The summed E-state index contributed by atoms with van der Waals surface area (Å²) in [6.45, 7) is 4.06. The van der Waals surface area contributed by atoms with Gasteiger partial charge in [0.25, 0.3) is 0 Å². The van der Waals surface area contributed by atoms with Crippen LogP contribution in [0.3, 0.4) is 0 Å². The minimum Gasteiger partial charge on any atom is -0.491 e. The Bertz CT molecular complexity index is 628. The summed E-state index contributed by atoms with van der Waals surface area (Å²) in [5, 5.41) is 12.2. The van der Waals surface area contributed by atoms with Crippen molar-refractivity contribution in [2.24, 2.45) is 0 Å². The number of rotatable bonds is 6. The number of benzene rings is 1. The Hall–Kier alpha value is -2.56. The van der Waals surface area contributed by atoms with Gasteiger partial charge >= 0.3 is 5.97 Å². The van der Waals surface area contributed by atoms with E-state index in [0.717, 1.165) is 17.9 Å². The molecule has 0 radical (unpaired) electrons. The third kappa shape index (κ3) is 3.95. The molecule has 2 aromatic rings. The molecule has 5 nitrogen and oxygen atoms in total. The second-order valence-electron chi connectivity index (χ2n) is 4.72. The summed E-state index contributed by atoms with van der Waals surface area (Å²) in [6.07, 6.45) is 4.00. The Morgan fingerprint density at radius 1 is 1.43 bits per heavy atom. The number of carbonyl (C=O) groups is 1. The molecule has 0 saturated carbocycles. The summed E-state index contributed by atoms with van der Waals surface area (Å²) < 4.78 is 5.75. The van der Waals surface area contributed by atoms with E-state index in [1.54, 1.807) is 0 Å². The molecule has 2 rings (SSSR count). The van der Waals surface area contributed by atoms with E-state index in [0.29, 0.717) is 5.69 Å². The Labute approximate surface area is 123 Å². The number of carboxylic acids is 1. The molecule has 0 fully saturated rings. The van der Waals surface area contributed by atoms with Gasteiger partial charge in [-0.2, -0.15) is 0 Å². The van der Waals surface area contributed by atoms with E-state index in [-0.39, 0.29) is 11.7 Å². The lowest BCUT2D eigenvalue weighted by Gasteiger charge is -2.14. The average Bonchev–Trinajstić information content (AvgIpc) is 2.48. The first-order valence-corrected chi connectivity index (χ1v) is 6.81. The summed E-state index contributed by atoms with van der Waals surface area (Å²) >= 11 is 0. The second-order valence-corrected chi connectivity index (χ2v) is 4.72. The normalized spacial score (nSPS) is 11.7. The van der Waals surface area contributed by atoms with Crippen molar-refractivity contribution < 1.29 is 14.6 Å². The first-order chi connectivity index (χ1) is 10.1. The zero-order chi connectivity index (χ0) is 15.2. The molecule has 0 aliphatic carbocycles. The van der Waals surface area contributed by atoms with Gasteiger partial charge in [-0.1, -0.05) is 13.0 Å². The van der Waals surface area contributed by atoms with Crippen molar-refractivity contribution in [1.29, 1.82) is 0 Å². The highest BCUT2D eigenvalue weighted by Crippen LogP contribution is 2.24. The van der Waals surface area contributed by atoms with Gasteiger partial charge in [-0.15, -0.1) is 0 Å². The molecule has 0 spiro atoms. The average molecular weight is 286 g/mol. The number of hydrogen-bond donors (Lipinski definition) is 2. The van der Waals surface area contributed by atoms with Crippen LogP contribution in [0.25, 0.3) is 0 Å². The van der Waals surface area contributed by atoms with E-state index >= 15 is 0 Å². The lowest BCUT2D eigenvalue weighted by atomic mass is 10.2. The maximum absolute atomic E-state index is 11.2. The van der Waals surface area contributed by atoms with Gasteiger partial charge < -0.3 is 15.2 Å². The largest absolute Gasteiger partial charge is 0.491 e. The molecule has 0 bridgehead atoms. The SMILES string of the molecule is CCC(C)Oc1cccc(Nc2cnccc2C(=O)O)c1. The van der Waals surface area contributed by atoms with Crippen LogP contribution >= 0.6 is 0 Å². The van der Waals surface area contributed by atoms with E-state index < -0.39 is 5.97 Å². The molecule has 1 aromatic heterocycles. The predicted octanol–water partition coefficient (Wildman–Crippen LogP) is 3.70. The fourth-order valence-corrected chi connectivity index (χ4v) is 1.80. The summed E-state index contributed by atoms with van der Waals surface area (Å²) in [4.78, 5) is 15.1. The molecular formula is C16H18N2O3. The first kappa shape index (κ1) is 14.8. The number of aromatic carboxylic acids is 1. The molecule has 5 heteroatoms. The van der Waals surface area contributed by atoms with Crippen LogP contribution in [0.4, 0.5) is 11.4 Å². The summed E-state index contributed by atoms with van der Waals surface area (Å²) in [5.74, 6) is -0.248. The summed E-state index contributed by atoms with van der Waals surface area (Å²) in [5.41, 5.74) is 1.38. The molecule has 0 saturated heterocycles. The molecule has 1 unspecified atom stereocenters. The van der Waals surface area contributed by atoms with Crippen LogP contribution < -0.4 is 10.1 Å². The number of carboxylic acid groups (broad SMARTS) is 1. The first-order valence-electron chi connectivity index (χ1n) is 6.81. The molecule has 110 valence electrons. The van der Waals surface area contributed by atoms with Crippen molar-refractivity contribution in [2.75, 3.05) is 5.32 Å². The van der Waals surface area contributed by atoms with Crippen LogP contribution in [0.15, 0.2) is 42.7 Å². The molecule has 1 heterocycles. The third-order valence-electron chi connectivity index (χ3n) is 3.08. The van der Waals surface area contributed by atoms with Crippen molar-refractivity contribution in [3.63, 3.8) is 0 Å². The fraction of sp³-hybridized carbons (Fsp3) is 0.250. The zero-order valence-corrected chi connectivity index (χ0v) is 12.0. The monoisotopic (exact) mass is 286 g/mol. The fourth-order valence-electron chi connectivity index (χ4n) is 1.80. The van der Waals surface area contributed by atoms with Crippen LogP contribution in [0.5, 0.6) is 5.75 Å². The van der Waals surface area contributed by atoms with Crippen LogP contribution in [0.2, 0.25) is 0 Å². The molecule has 1 atom stereocenters. The van der Waals surface area contributed by atoms with Crippen molar-refractivity contribution in [3.8, 4) is 5.75 Å². The molecule has 21 heavy (non-hydrogen) atoms. The number of ether oxygens (including phenoxy) is 1. The maximum Gasteiger partial charge on any atom is 0.337 e. The smallest absolute Gasteiger partial charge is 0.337 e. The van der Waals surface area contributed by atoms with Crippen molar-refractivity contribution in [2.45, 2.75) is 26.4 Å². The Balaban J connectivity index is 2.20. The van der Waals surface area contributed by atoms with Crippen molar-refractivity contribution >= 4 is 17.3 Å². The zero-order valence-electron chi connectivity index (χ0n) is 12.0. The van der Waals surface area contributed by atoms with Gasteiger partial charge in [-0.3, -0.25) is 4.98 Å². The van der Waals surface area contributed by atoms with E-state index in [2.05, 4.69) is 17.2 Å². The van der Waals surface area contributed by atoms with Gasteiger partial charge in [0.15, 0.2) is 0 Å². The minimum absolute atomic E-state index is 0.133. The number of anilines is 2. The van der Waals surface area contributed by atoms with Gasteiger partial charge in [-0.05, 0) is 31.5 Å². The highest BCUT2D eigenvalue weighted by Gasteiger charge is 2.10. The highest BCUT2D eigenvalue weighted by molar-refractivity contribution is 5.94. The van der Waals surface area contributed by atoms with Crippen LogP contribution in [0.1, 0.15) is 30.6 Å². The maximum atomic E-state index is 11.2. The summed E-state index contributed by atoms with van der Waals surface area (Å²) in [6, 6.07) is 8.88. The lowest BCUT2D eigenvalue weighted by molar-refractivity contribution is 0.0698. The number of nitrogens with zero attached hydrogens (tertiary/aromatic N) is 1. The summed E-state index contributed by atoms with van der Waals surface area (Å²) in [7, 11) is 0.